The predicted octanol–water partition coefficient (Wildman–Crippen LogP) is 6.91. The Bertz CT molecular complexity index is 2210. The van der Waals surface area contributed by atoms with E-state index < -0.39 is 16.8 Å². The number of rotatable bonds is 8. The number of ether oxygens (including phenoxy) is 2. The zero-order chi connectivity index (χ0) is 33.0. The highest BCUT2D eigenvalue weighted by Gasteiger charge is 2.31. The van der Waals surface area contributed by atoms with Crippen LogP contribution in [0.25, 0.3) is 54.8 Å². The van der Waals surface area contributed by atoms with Crippen molar-refractivity contribution < 1.29 is 27.4 Å². The summed E-state index contributed by atoms with van der Waals surface area (Å²) in [6.45, 7) is 6.52. The Hall–Kier alpha value is -5.01. The molecule has 0 saturated heterocycles. The fraction of sp³-hybridized carbons (Fsp3) is 0.235. The van der Waals surface area contributed by atoms with Gasteiger partial charge in [0, 0.05) is 54.7 Å². The van der Waals surface area contributed by atoms with Gasteiger partial charge in [0.25, 0.3) is 0 Å². The molecule has 0 aliphatic carbocycles. The monoisotopic (exact) mass is 658 g/mol. The lowest BCUT2D eigenvalue weighted by Crippen LogP contribution is -2.40. The Morgan fingerprint density at radius 3 is 2.70 bits per heavy atom. The minimum Gasteiger partial charge on any atom is -0.490 e. The van der Waals surface area contributed by atoms with Gasteiger partial charge < -0.3 is 14.4 Å². The fourth-order valence-electron chi connectivity index (χ4n) is 6.19. The summed E-state index contributed by atoms with van der Waals surface area (Å²) in [6, 6.07) is 10.4. The number of aryl methyl sites for hydroxylation is 1. The van der Waals surface area contributed by atoms with Crippen molar-refractivity contribution >= 4 is 38.2 Å². The van der Waals surface area contributed by atoms with Crippen LogP contribution in [0.4, 0.5) is 13.2 Å². The van der Waals surface area contributed by atoms with Crippen molar-refractivity contribution in [2.75, 3.05) is 26.9 Å². The van der Waals surface area contributed by atoms with Gasteiger partial charge in [-0.05, 0) is 37.3 Å². The summed E-state index contributed by atoms with van der Waals surface area (Å²) >= 11 is 0.881. The summed E-state index contributed by atoms with van der Waals surface area (Å²) in [5.74, 6) is -2.03. The van der Waals surface area contributed by atoms with Gasteiger partial charge in [-0.2, -0.15) is 14.6 Å². The molecule has 6 aromatic rings. The van der Waals surface area contributed by atoms with Crippen LogP contribution >= 0.6 is 11.3 Å². The van der Waals surface area contributed by atoms with Crippen LogP contribution < -0.4 is 4.74 Å². The van der Waals surface area contributed by atoms with Crippen LogP contribution in [0.2, 0.25) is 0 Å². The van der Waals surface area contributed by atoms with Gasteiger partial charge >= 0.3 is 0 Å². The van der Waals surface area contributed by atoms with E-state index >= 15 is 8.78 Å². The molecule has 47 heavy (non-hydrogen) atoms. The van der Waals surface area contributed by atoms with E-state index in [4.69, 9.17) is 19.6 Å². The Morgan fingerprint density at radius 1 is 1.09 bits per heavy atom. The van der Waals surface area contributed by atoms with Gasteiger partial charge in [0.2, 0.25) is 5.91 Å². The van der Waals surface area contributed by atoms with E-state index in [0.29, 0.717) is 40.1 Å². The Balaban J connectivity index is 1.52. The molecule has 4 aromatic heterocycles. The van der Waals surface area contributed by atoms with Crippen LogP contribution in [-0.2, 0) is 23.1 Å². The van der Waals surface area contributed by atoms with Crippen molar-refractivity contribution in [1.82, 2.24) is 29.4 Å². The molecule has 2 aromatic carbocycles. The number of aromatic nitrogens is 5. The second-order valence-corrected chi connectivity index (χ2v) is 12.2. The molecule has 0 saturated carbocycles. The van der Waals surface area contributed by atoms with Crippen molar-refractivity contribution in [3.8, 4) is 39.5 Å². The highest BCUT2D eigenvalue weighted by molar-refractivity contribution is 7.18. The molecule has 0 radical (unpaired) electrons. The molecule has 5 heterocycles. The number of pyridine rings is 1. The summed E-state index contributed by atoms with van der Waals surface area (Å²) < 4.78 is 60.9. The van der Waals surface area contributed by atoms with E-state index in [1.807, 2.05) is 32.2 Å². The number of amides is 1. The van der Waals surface area contributed by atoms with Gasteiger partial charge in [0.05, 0.1) is 52.6 Å². The molecule has 1 atom stereocenters. The number of nitrogens with zero attached hydrogens (tertiary/aromatic N) is 6. The van der Waals surface area contributed by atoms with Crippen molar-refractivity contribution in [2.24, 2.45) is 7.05 Å². The quantitative estimate of drug-likeness (QED) is 0.131. The van der Waals surface area contributed by atoms with Crippen LogP contribution in [0.15, 0.2) is 61.3 Å². The van der Waals surface area contributed by atoms with Gasteiger partial charge in [-0.1, -0.05) is 12.6 Å². The van der Waals surface area contributed by atoms with E-state index in [1.54, 1.807) is 26.5 Å². The molecular weight excluding hydrogens is 629 g/mol. The van der Waals surface area contributed by atoms with Crippen molar-refractivity contribution in [2.45, 2.75) is 19.5 Å². The molecule has 0 fully saturated rings. The van der Waals surface area contributed by atoms with Gasteiger partial charge in [0.1, 0.15) is 35.4 Å². The van der Waals surface area contributed by atoms with Crippen LogP contribution in [0.5, 0.6) is 5.75 Å². The van der Waals surface area contributed by atoms with Crippen LogP contribution in [0.3, 0.4) is 0 Å². The third kappa shape index (κ3) is 5.25. The first-order valence-electron chi connectivity index (χ1n) is 14.9. The predicted molar refractivity (Wildman–Crippen MR) is 174 cm³/mol. The molecular formula is C34H29F3N6O3S. The number of thiophene rings is 1. The van der Waals surface area contributed by atoms with E-state index in [1.165, 1.54) is 19.3 Å². The Morgan fingerprint density at radius 2 is 1.91 bits per heavy atom. The lowest BCUT2D eigenvalue weighted by atomic mass is 9.95. The first-order valence-corrected chi connectivity index (χ1v) is 15.7. The number of carbonyl (C=O) groups excluding carboxylic acids is 1. The fourth-order valence-corrected chi connectivity index (χ4v) is 7.09. The second-order valence-electron chi connectivity index (χ2n) is 11.2. The van der Waals surface area contributed by atoms with E-state index in [2.05, 4.69) is 11.7 Å². The summed E-state index contributed by atoms with van der Waals surface area (Å²) in [5.41, 5.74) is 3.54. The molecule has 7 rings (SSSR count). The van der Waals surface area contributed by atoms with E-state index in [0.717, 1.165) is 40.1 Å². The Kier molecular flexibility index (Phi) is 7.80. The zero-order valence-corrected chi connectivity index (χ0v) is 26.6. The maximum absolute atomic E-state index is 16.0. The van der Waals surface area contributed by atoms with Crippen molar-refractivity contribution in [3.63, 3.8) is 0 Å². The lowest BCUT2D eigenvalue weighted by molar-refractivity contribution is -0.129. The molecule has 240 valence electrons. The number of methoxy groups -OCH3 is 1. The highest BCUT2D eigenvalue weighted by atomic mass is 32.1. The average Bonchev–Trinajstić information content (AvgIpc) is 3.77. The first-order chi connectivity index (χ1) is 22.7. The SMILES string of the molecule is C=CC(=O)N1CCn2nc(-c3nc(-c4ccc5c(cnn5C)c4)c4sc(F)cc4c3-c3c(F)cc(F)cc3OCCOC)cc2[C@H]1C. The third-order valence-corrected chi connectivity index (χ3v) is 9.37. The highest BCUT2D eigenvalue weighted by Crippen LogP contribution is 2.48. The number of benzene rings is 2. The number of fused-ring (bicyclic) bond motifs is 3. The number of halogens is 3. The molecule has 0 spiro atoms. The van der Waals surface area contributed by atoms with E-state index in [9.17, 15) is 9.18 Å². The third-order valence-electron chi connectivity index (χ3n) is 8.44. The van der Waals surface area contributed by atoms with Gasteiger partial charge in [-0.3, -0.25) is 14.2 Å². The molecule has 1 amide bonds. The molecule has 9 nitrogen and oxygen atoms in total. The largest absolute Gasteiger partial charge is 0.490 e. The topological polar surface area (TPSA) is 87.3 Å². The van der Waals surface area contributed by atoms with Gasteiger partial charge in [-0.15, -0.1) is 11.3 Å². The van der Waals surface area contributed by atoms with Gasteiger partial charge in [-0.25, -0.2) is 13.8 Å². The smallest absolute Gasteiger partial charge is 0.246 e. The van der Waals surface area contributed by atoms with Crippen LogP contribution in [0, 0.1) is 16.8 Å². The molecule has 0 unspecified atom stereocenters. The van der Waals surface area contributed by atoms with Gasteiger partial charge in [0.15, 0.2) is 5.13 Å². The minimum atomic E-state index is -0.905. The number of hydrogen-bond acceptors (Lipinski definition) is 7. The van der Waals surface area contributed by atoms with Crippen molar-refractivity contribution in [1.29, 1.82) is 0 Å². The molecule has 0 N–H and O–H groups in total. The summed E-state index contributed by atoms with van der Waals surface area (Å²) in [6.07, 6.45) is 3.01. The average molecular weight is 659 g/mol. The maximum atomic E-state index is 16.0. The summed E-state index contributed by atoms with van der Waals surface area (Å²) in [7, 11) is 3.33. The number of hydrogen-bond donors (Lipinski definition) is 0. The van der Waals surface area contributed by atoms with Crippen LogP contribution in [0.1, 0.15) is 18.7 Å². The van der Waals surface area contributed by atoms with Crippen LogP contribution in [-0.4, -0.2) is 62.2 Å². The first kappa shape index (κ1) is 30.6. The lowest BCUT2D eigenvalue weighted by Gasteiger charge is -2.33. The molecule has 1 aliphatic heterocycles. The number of carbonyl (C=O) groups is 1. The standard InChI is InChI=1S/C34H29F3N6O3S/c1-5-29(44)42-8-9-43-26(18(42)2)16-24(40-43)33-30(31-23(36)13-21(35)14-27(31)46-11-10-45-4)22-15-28(37)47-34(22)32(39-33)19-6-7-25-20(12-19)17-38-41(25)3/h5-7,12-18H,1,8-11H2,2-4H3/t18-/m1/s1. The second kappa shape index (κ2) is 12.0. The normalized spacial score (nSPS) is 14.6. The zero-order valence-electron chi connectivity index (χ0n) is 25.8. The Labute approximate surface area is 271 Å². The molecule has 1 aliphatic rings. The maximum Gasteiger partial charge on any atom is 0.246 e. The molecule has 0 bridgehead atoms. The molecule has 13 heteroatoms. The summed E-state index contributed by atoms with van der Waals surface area (Å²) in [4.78, 5) is 19.4. The minimum absolute atomic E-state index is 0.0168. The van der Waals surface area contributed by atoms with E-state index in [-0.39, 0.29) is 47.7 Å². The van der Waals surface area contributed by atoms with Crippen molar-refractivity contribution in [3.05, 3.63) is 83.8 Å². The summed E-state index contributed by atoms with van der Waals surface area (Å²) in [5, 5.41) is 9.91.